The van der Waals surface area contributed by atoms with Crippen LogP contribution < -0.4 is 0 Å². The van der Waals surface area contributed by atoms with Crippen LogP contribution in [0.15, 0.2) is 49.1 Å². The Hall–Kier alpha value is -2.76. The molecule has 2 aromatic rings. The fraction of sp³-hybridized carbons (Fsp3) is 0.455. The molecule has 0 aromatic carbocycles. The van der Waals surface area contributed by atoms with Gasteiger partial charge < -0.3 is 9.80 Å². The lowest BCUT2D eigenvalue weighted by Gasteiger charge is -2.49. The normalized spacial score (nSPS) is 19.9. The highest BCUT2D eigenvalue weighted by Crippen LogP contribution is 2.27. The van der Waals surface area contributed by atoms with Gasteiger partial charge in [0.1, 0.15) is 0 Å². The van der Waals surface area contributed by atoms with Crippen molar-refractivity contribution in [2.24, 2.45) is 11.8 Å². The van der Waals surface area contributed by atoms with Crippen molar-refractivity contribution in [1.82, 2.24) is 19.8 Å². The van der Waals surface area contributed by atoms with Crippen molar-refractivity contribution in [1.29, 1.82) is 0 Å². The van der Waals surface area contributed by atoms with E-state index >= 15 is 0 Å². The van der Waals surface area contributed by atoms with Gasteiger partial charge in [0, 0.05) is 49.0 Å². The molecule has 0 radical (unpaired) electrons. The molecule has 3 rings (SSSR count). The van der Waals surface area contributed by atoms with Gasteiger partial charge in [-0.25, -0.2) is 0 Å². The number of pyridine rings is 2. The Kier molecular flexibility index (Phi) is 6.07. The summed E-state index contributed by atoms with van der Waals surface area (Å²) in [5.74, 6) is 0.462. The molecule has 2 amide bonds. The van der Waals surface area contributed by atoms with Crippen LogP contribution in [0.1, 0.15) is 48.4 Å². The summed E-state index contributed by atoms with van der Waals surface area (Å²) < 4.78 is 0. The Morgan fingerprint density at radius 2 is 1.07 bits per heavy atom. The van der Waals surface area contributed by atoms with Crippen LogP contribution in [0.3, 0.4) is 0 Å². The molecule has 3 heterocycles. The molecular formula is C22H28N4O2. The van der Waals surface area contributed by atoms with Crippen LogP contribution >= 0.6 is 0 Å². The Balaban J connectivity index is 1.92. The second-order valence-electron chi connectivity index (χ2n) is 8.01. The van der Waals surface area contributed by atoms with E-state index in [2.05, 4.69) is 37.7 Å². The lowest BCUT2D eigenvalue weighted by atomic mass is 9.91. The summed E-state index contributed by atoms with van der Waals surface area (Å²) in [5.41, 5.74) is 1.27. The number of nitrogens with zero attached hydrogens (tertiary/aromatic N) is 4. The molecule has 2 aromatic heterocycles. The van der Waals surface area contributed by atoms with Crippen LogP contribution in [0.5, 0.6) is 0 Å². The monoisotopic (exact) mass is 380 g/mol. The molecule has 1 aliphatic heterocycles. The number of aromatic nitrogens is 2. The zero-order valence-electron chi connectivity index (χ0n) is 16.9. The summed E-state index contributed by atoms with van der Waals surface area (Å²) in [4.78, 5) is 38.3. The largest absolute Gasteiger partial charge is 0.332 e. The summed E-state index contributed by atoms with van der Waals surface area (Å²) in [6.07, 6.45) is 6.56. The van der Waals surface area contributed by atoms with E-state index < -0.39 is 0 Å². The van der Waals surface area contributed by atoms with E-state index in [0.29, 0.717) is 24.2 Å². The quantitative estimate of drug-likeness (QED) is 0.817. The van der Waals surface area contributed by atoms with Crippen LogP contribution in [-0.4, -0.2) is 56.8 Å². The van der Waals surface area contributed by atoms with Gasteiger partial charge in [-0.1, -0.05) is 27.7 Å². The molecule has 1 fully saturated rings. The second kappa shape index (κ2) is 8.50. The first-order valence-electron chi connectivity index (χ1n) is 9.82. The summed E-state index contributed by atoms with van der Waals surface area (Å²) in [5, 5.41) is 0. The van der Waals surface area contributed by atoms with Crippen molar-refractivity contribution in [3.8, 4) is 0 Å². The van der Waals surface area contributed by atoms with Crippen molar-refractivity contribution in [3.63, 3.8) is 0 Å². The zero-order valence-corrected chi connectivity index (χ0v) is 16.9. The predicted octanol–water partition coefficient (Wildman–Crippen LogP) is 3.12. The van der Waals surface area contributed by atoms with Gasteiger partial charge in [0.05, 0.1) is 12.1 Å². The zero-order chi connectivity index (χ0) is 20.3. The number of carbonyl (C=O) groups excluding carboxylic acids is 2. The molecule has 6 nitrogen and oxygen atoms in total. The molecule has 0 aliphatic carbocycles. The molecule has 28 heavy (non-hydrogen) atoms. The van der Waals surface area contributed by atoms with Gasteiger partial charge in [-0.3, -0.25) is 19.6 Å². The van der Waals surface area contributed by atoms with Gasteiger partial charge in [-0.15, -0.1) is 0 Å². The average Bonchev–Trinajstić information content (AvgIpc) is 2.72. The summed E-state index contributed by atoms with van der Waals surface area (Å²) >= 11 is 0. The van der Waals surface area contributed by atoms with E-state index in [-0.39, 0.29) is 35.7 Å². The molecule has 0 N–H and O–H groups in total. The highest BCUT2D eigenvalue weighted by molar-refractivity contribution is 5.96. The Bertz CT molecular complexity index is 738. The summed E-state index contributed by atoms with van der Waals surface area (Å²) in [6.45, 7) is 9.45. The van der Waals surface area contributed by atoms with Crippen LogP contribution in [0.2, 0.25) is 0 Å². The smallest absolute Gasteiger partial charge is 0.254 e. The standard InChI is InChI=1S/C22H28N4O2/c1-15(2)19-13-26(22(28)18-7-11-24-12-8-18)20(16(3)4)14-25(19)21(27)17-5-9-23-10-6-17/h5-12,15-16,19-20H,13-14H2,1-4H3/t19-,20-/m1/s1. The van der Waals surface area contributed by atoms with Gasteiger partial charge in [0.2, 0.25) is 0 Å². The van der Waals surface area contributed by atoms with Crippen molar-refractivity contribution < 1.29 is 9.59 Å². The van der Waals surface area contributed by atoms with Gasteiger partial charge in [0.15, 0.2) is 0 Å². The third kappa shape index (κ3) is 4.06. The minimum absolute atomic E-state index is 0.00256. The minimum atomic E-state index is -0.0403. The molecule has 2 atom stereocenters. The van der Waals surface area contributed by atoms with E-state index in [1.54, 1.807) is 49.1 Å². The first-order valence-corrected chi connectivity index (χ1v) is 9.82. The number of rotatable bonds is 4. The molecule has 0 unspecified atom stereocenters. The third-order valence-electron chi connectivity index (χ3n) is 5.48. The fourth-order valence-corrected chi connectivity index (χ4v) is 3.80. The van der Waals surface area contributed by atoms with Crippen molar-refractivity contribution in [2.45, 2.75) is 39.8 Å². The summed E-state index contributed by atoms with van der Waals surface area (Å²) in [6, 6.07) is 6.91. The first kappa shape index (κ1) is 20.0. The van der Waals surface area contributed by atoms with Gasteiger partial charge in [-0.2, -0.15) is 0 Å². The number of piperazine rings is 1. The van der Waals surface area contributed by atoms with Crippen LogP contribution in [0.25, 0.3) is 0 Å². The van der Waals surface area contributed by atoms with E-state index in [1.807, 2.05) is 9.80 Å². The van der Waals surface area contributed by atoms with Crippen molar-refractivity contribution in [3.05, 3.63) is 60.2 Å². The average molecular weight is 380 g/mol. The maximum absolute atomic E-state index is 13.2. The number of hydrogen-bond donors (Lipinski definition) is 0. The van der Waals surface area contributed by atoms with E-state index in [9.17, 15) is 9.59 Å². The lowest BCUT2D eigenvalue weighted by molar-refractivity contribution is 0.00178. The highest BCUT2D eigenvalue weighted by Gasteiger charge is 2.41. The van der Waals surface area contributed by atoms with Crippen LogP contribution in [0, 0.1) is 11.8 Å². The fourth-order valence-electron chi connectivity index (χ4n) is 3.80. The SMILES string of the molecule is CC(C)[C@H]1CN(C(=O)c2ccncc2)[C@@H](C(C)C)CN1C(=O)c1ccncc1. The number of hydrogen-bond acceptors (Lipinski definition) is 4. The predicted molar refractivity (Wildman–Crippen MR) is 108 cm³/mol. The minimum Gasteiger partial charge on any atom is -0.332 e. The van der Waals surface area contributed by atoms with Crippen molar-refractivity contribution in [2.75, 3.05) is 13.1 Å². The maximum Gasteiger partial charge on any atom is 0.254 e. The van der Waals surface area contributed by atoms with Crippen LogP contribution in [0.4, 0.5) is 0 Å². The Labute approximate surface area is 166 Å². The molecule has 1 saturated heterocycles. The number of carbonyl (C=O) groups is 2. The molecule has 148 valence electrons. The van der Waals surface area contributed by atoms with Gasteiger partial charge in [0.25, 0.3) is 11.8 Å². The summed E-state index contributed by atoms with van der Waals surface area (Å²) in [7, 11) is 0. The van der Waals surface area contributed by atoms with Crippen LogP contribution in [-0.2, 0) is 0 Å². The molecule has 6 heteroatoms. The maximum atomic E-state index is 13.2. The molecule has 1 aliphatic rings. The van der Waals surface area contributed by atoms with Gasteiger partial charge in [-0.05, 0) is 36.1 Å². The van der Waals surface area contributed by atoms with E-state index in [0.717, 1.165) is 0 Å². The second-order valence-corrected chi connectivity index (χ2v) is 8.01. The Morgan fingerprint density at radius 1 is 0.750 bits per heavy atom. The van der Waals surface area contributed by atoms with E-state index in [1.165, 1.54) is 0 Å². The topological polar surface area (TPSA) is 66.4 Å². The number of amides is 2. The molecular weight excluding hydrogens is 352 g/mol. The third-order valence-corrected chi connectivity index (χ3v) is 5.48. The van der Waals surface area contributed by atoms with Crippen molar-refractivity contribution >= 4 is 11.8 Å². The van der Waals surface area contributed by atoms with E-state index in [4.69, 9.17) is 0 Å². The Morgan fingerprint density at radius 3 is 1.36 bits per heavy atom. The highest BCUT2D eigenvalue weighted by atomic mass is 16.2. The molecule has 0 spiro atoms. The molecule has 0 bridgehead atoms. The van der Waals surface area contributed by atoms with Gasteiger partial charge >= 0.3 is 0 Å². The molecule has 0 saturated carbocycles. The first-order chi connectivity index (χ1) is 13.4. The lowest BCUT2D eigenvalue weighted by Crippen LogP contribution is -2.63.